The second kappa shape index (κ2) is 9.38. The van der Waals surface area contributed by atoms with Gasteiger partial charge in [-0.25, -0.2) is 9.37 Å². The number of ketones is 1. The molecule has 2 aromatic heterocycles. The zero-order valence-corrected chi connectivity index (χ0v) is 19.8. The number of pyridine rings is 1. The number of alkyl halides is 1. The quantitative estimate of drug-likeness (QED) is 0.400. The number of hydrogen-bond acceptors (Lipinski definition) is 5. The van der Waals surface area contributed by atoms with Crippen LogP contribution in [0.25, 0.3) is 10.9 Å². The maximum Gasteiger partial charge on any atom is 0.248 e. The van der Waals surface area contributed by atoms with Gasteiger partial charge in [-0.3, -0.25) is 19.1 Å². The zero-order chi connectivity index (χ0) is 23.7. The Labute approximate surface area is 198 Å². The van der Waals surface area contributed by atoms with E-state index in [4.69, 9.17) is 0 Å². The SMILES string of the molecule is CCc1ccc2c(C(C)=O)nn(CC(=O)N3C[C@H](F)C[C@H]3C(=O)Nc3cccc(Br)n3)c2c1. The highest BCUT2D eigenvalue weighted by molar-refractivity contribution is 9.10. The highest BCUT2D eigenvalue weighted by Crippen LogP contribution is 2.25. The van der Waals surface area contributed by atoms with Crippen LogP contribution in [0.3, 0.4) is 0 Å². The van der Waals surface area contributed by atoms with E-state index in [-0.39, 0.29) is 31.0 Å². The van der Waals surface area contributed by atoms with Crippen LogP contribution in [-0.4, -0.2) is 56.0 Å². The van der Waals surface area contributed by atoms with Crippen LogP contribution in [0.1, 0.15) is 36.3 Å². The third-order valence-electron chi connectivity index (χ3n) is 5.68. The van der Waals surface area contributed by atoms with Crippen LogP contribution in [-0.2, 0) is 22.6 Å². The molecule has 33 heavy (non-hydrogen) atoms. The van der Waals surface area contributed by atoms with Crippen LogP contribution in [0.2, 0.25) is 0 Å². The number of fused-ring (bicyclic) bond motifs is 1. The first-order valence-electron chi connectivity index (χ1n) is 10.6. The van der Waals surface area contributed by atoms with E-state index in [1.165, 1.54) is 16.5 Å². The van der Waals surface area contributed by atoms with E-state index in [0.717, 1.165) is 12.0 Å². The van der Waals surface area contributed by atoms with Crippen LogP contribution >= 0.6 is 15.9 Å². The normalized spacial score (nSPS) is 18.0. The maximum atomic E-state index is 14.3. The van der Waals surface area contributed by atoms with Crippen LogP contribution in [0.15, 0.2) is 41.0 Å². The third-order valence-corrected chi connectivity index (χ3v) is 6.12. The molecule has 1 aliphatic rings. The Kier molecular flexibility index (Phi) is 6.55. The summed E-state index contributed by atoms with van der Waals surface area (Å²) in [5, 5.41) is 7.66. The van der Waals surface area contributed by atoms with Crippen molar-refractivity contribution in [1.82, 2.24) is 19.7 Å². The first-order valence-corrected chi connectivity index (χ1v) is 11.4. The van der Waals surface area contributed by atoms with Crippen molar-refractivity contribution in [2.45, 2.75) is 45.4 Å². The molecule has 4 rings (SSSR count). The summed E-state index contributed by atoms with van der Waals surface area (Å²) in [6.45, 7) is 3.05. The van der Waals surface area contributed by atoms with E-state index in [1.54, 1.807) is 18.2 Å². The number of aromatic nitrogens is 3. The average molecular weight is 516 g/mol. The van der Waals surface area contributed by atoms with Crippen molar-refractivity contribution in [3.05, 3.63) is 52.3 Å². The Bertz CT molecular complexity index is 1240. The van der Waals surface area contributed by atoms with E-state index in [9.17, 15) is 18.8 Å². The van der Waals surface area contributed by atoms with Gasteiger partial charge in [-0.2, -0.15) is 5.10 Å². The van der Waals surface area contributed by atoms with Crippen LogP contribution in [0.4, 0.5) is 10.2 Å². The molecule has 1 fully saturated rings. The topological polar surface area (TPSA) is 97.2 Å². The first-order chi connectivity index (χ1) is 15.8. The molecule has 10 heteroatoms. The van der Waals surface area contributed by atoms with Crippen molar-refractivity contribution >= 4 is 50.2 Å². The van der Waals surface area contributed by atoms with Crippen molar-refractivity contribution in [1.29, 1.82) is 0 Å². The number of rotatable bonds is 6. The Morgan fingerprint density at radius 3 is 2.73 bits per heavy atom. The molecule has 0 unspecified atom stereocenters. The van der Waals surface area contributed by atoms with Crippen molar-refractivity contribution in [2.75, 3.05) is 11.9 Å². The minimum absolute atomic E-state index is 0.0931. The third kappa shape index (κ3) is 4.80. The molecule has 0 saturated carbocycles. The van der Waals surface area contributed by atoms with E-state index in [1.807, 2.05) is 25.1 Å². The molecule has 0 spiro atoms. The fourth-order valence-corrected chi connectivity index (χ4v) is 4.38. The van der Waals surface area contributed by atoms with Gasteiger partial charge in [0.25, 0.3) is 0 Å². The van der Waals surface area contributed by atoms with Gasteiger partial charge in [0.05, 0.1) is 12.1 Å². The first kappa shape index (κ1) is 23.0. The molecule has 1 N–H and O–H groups in total. The molecule has 3 aromatic rings. The summed E-state index contributed by atoms with van der Waals surface area (Å²) >= 11 is 3.24. The molecule has 0 bridgehead atoms. The fraction of sp³-hybridized carbons (Fsp3) is 0.348. The summed E-state index contributed by atoms with van der Waals surface area (Å²) in [5.41, 5.74) is 1.97. The summed E-state index contributed by atoms with van der Waals surface area (Å²) in [7, 11) is 0. The van der Waals surface area contributed by atoms with Gasteiger partial charge in [0.2, 0.25) is 11.8 Å². The molecule has 2 atom stereocenters. The number of aryl methyl sites for hydroxylation is 1. The Hall–Kier alpha value is -3.14. The van der Waals surface area contributed by atoms with Crippen molar-refractivity contribution in [3.8, 4) is 0 Å². The van der Waals surface area contributed by atoms with Crippen molar-refractivity contribution < 1.29 is 18.8 Å². The second-order valence-electron chi connectivity index (χ2n) is 8.00. The van der Waals surface area contributed by atoms with E-state index in [2.05, 4.69) is 31.3 Å². The highest BCUT2D eigenvalue weighted by atomic mass is 79.9. The van der Waals surface area contributed by atoms with Gasteiger partial charge in [0.15, 0.2) is 5.78 Å². The minimum atomic E-state index is -1.31. The lowest BCUT2D eigenvalue weighted by atomic mass is 10.1. The summed E-state index contributed by atoms with van der Waals surface area (Å²) in [6, 6.07) is 9.72. The summed E-state index contributed by atoms with van der Waals surface area (Å²) in [5.74, 6) is -0.851. The molecule has 1 aliphatic heterocycles. The lowest BCUT2D eigenvalue weighted by Crippen LogP contribution is -2.44. The van der Waals surface area contributed by atoms with Gasteiger partial charge in [-0.05, 0) is 46.1 Å². The Morgan fingerprint density at radius 1 is 1.24 bits per heavy atom. The fourth-order valence-electron chi connectivity index (χ4n) is 4.04. The second-order valence-corrected chi connectivity index (χ2v) is 8.81. The molecule has 8 nitrogen and oxygen atoms in total. The number of carbonyl (C=O) groups is 3. The predicted molar refractivity (Wildman–Crippen MR) is 125 cm³/mol. The molecule has 2 amide bonds. The molecule has 1 saturated heterocycles. The van der Waals surface area contributed by atoms with Gasteiger partial charge in [0.1, 0.15) is 34.9 Å². The average Bonchev–Trinajstić information content (AvgIpc) is 3.34. The molecule has 0 aliphatic carbocycles. The van der Waals surface area contributed by atoms with Gasteiger partial charge in [-0.1, -0.05) is 25.1 Å². The van der Waals surface area contributed by atoms with Crippen LogP contribution in [0.5, 0.6) is 0 Å². The smallest absolute Gasteiger partial charge is 0.248 e. The number of likely N-dealkylation sites (tertiary alicyclic amines) is 1. The minimum Gasteiger partial charge on any atom is -0.326 e. The largest absolute Gasteiger partial charge is 0.326 e. The van der Waals surface area contributed by atoms with E-state index >= 15 is 0 Å². The lowest BCUT2D eigenvalue weighted by Gasteiger charge is -2.23. The molecular weight excluding hydrogens is 493 g/mol. The summed E-state index contributed by atoms with van der Waals surface area (Å²) in [4.78, 5) is 43.5. The van der Waals surface area contributed by atoms with Crippen LogP contribution in [0, 0.1) is 0 Å². The van der Waals surface area contributed by atoms with Gasteiger partial charge < -0.3 is 10.2 Å². The maximum absolute atomic E-state index is 14.3. The number of Topliss-reactive ketones (excluding diaryl/α,β-unsaturated/α-hetero) is 1. The Balaban J connectivity index is 1.58. The standard InChI is InChI=1S/C23H23BrFN5O3/c1-3-14-7-8-16-17(9-14)30(28-22(16)13(2)31)12-21(32)29-11-15(25)10-18(29)23(33)27-20-6-4-5-19(24)26-20/h4-9,15,18H,3,10-12H2,1-2H3,(H,26,27,33)/t15-,18+/m1/s1. The zero-order valence-electron chi connectivity index (χ0n) is 18.2. The molecule has 1 aromatic carbocycles. The summed E-state index contributed by atoms with van der Waals surface area (Å²) < 4.78 is 16.3. The van der Waals surface area contributed by atoms with Gasteiger partial charge in [-0.15, -0.1) is 0 Å². The number of amides is 2. The lowest BCUT2D eigenvalue weighted by molar-refractivity contribution is -0.137. The number of anilines is 1. The number of nitrogens with zero attached hydrogens (tertiary/aromatic N) is 4. The number of carbonyl (C=O) groups excluding carboxylic acids is 3. The molecule has 0 radical (unpaired) electrons. The monoisotopic (exact) mass is 515 g/mol. The Morgan fingerprint density at radius 2 is 2.03 bits per heavy atom. The van der Waals surface area contributed by atoms with Crippen molar-refractivity contribution in [2.24, 2.45) is 0 Å². The number of halogens is 2. The molecule has 172 valence electrons. The summed E-state index contributed by atoms with van der Waals surface area (Å²) in [6.07, 6.45) is -0.621. The van der Waals surface area contributed by atoms with Gasteiger partial charge in [0, 0.05) is 18.7 Å². The highest BCUT2D eigenvalue weighted by Gasteiger charge is 2.40. The molecule has 3 heterocycles. The van der Waals surface area contributed by atoms with Gasteiger partial charge >= 0.3 is 0 Å². The van der Waals surface area contributed by atoms with Crippen molar-refractivity contribution in [3.63, 3.8) is 0 Å². The number of hydrogen-bond donors (Lipinski definition) is 1. The number of benzene rings is 1. The number of nitrogens with one attached hydrogen (secondary N) is 1. The van der Waals surface area contributed by atoms with E-state index < -0.39 is 24.0 Å². The van der Waals surface area contributed by atoms with E-state index in [0.29, 0.717) is 21.3 Å². The molecular formula is C23H23BrFN5O3. The van der Waals surface area contributed by atoms with Crippen LogP contribution < -0.4 is 5.32 Å². The predicted octanol–water partition coefficient (Wildman–Crippen LogP) is 3.54.